The summed E-state index contributed by atoms with van der Waals surface area (Å²) >= 11 is 5.86. The van der Waals surface area contributed by atoms with Crippen LogP contribution in [0.3, 0.4) is 0 Å². The molecule has 0 amide bonds. The summed E-state index contributed by atoms with van der Waals surface area (Å²) in [6.45, 7) is 3.05. The minimum atomic E-state index is -0.108. The zero-order chi connectivity index (χ0) is 13.7. The summed E-state index contributed by atoms with van der Waals surface area (Å²) < 4.78 is 5.02. The van der Waals surface area contributed by atoms with Gasteiger partial charge in [0.15, 0.2) is 0 Å². The second kappa shape index (κ2) is 6.92. The standard InChI is InChI=1S/C15H20ClNO2/c1-2-19-15(18)9-14(12-5-6-12)17-10-11-3-7-13(16)8-4-11/h3-4,7-8,12,14,17H,2,5-6,9-10H2,1H3. The Hall–Kier alpha value is -1.06. The van der Waals surface area contributed by atoms with Crippen LogP contribution in [-0.2, 0) is 16.1 Å². The fourth-order valence-electron chi connectivity index (χ4n) is 2.15. The normalized spacial score (nSPS) is 16.1. The minimum absolute atomic E-state index is 0.108. The molecule has 0 spiro atoms. The first-order valence-electron chi connectivity index (χ1n) is 6.82. The highest BCUT2D eigenvalue weighted by atomic mass is 35.5. The van der Waals surface area contributed by atoms with Crippen LogP contribution in [0.4, 0.5) is 0 Å². The average Bonchev–Trinajstić information content (AvgIpc) is 3.21. The van der Waals surface area contributed by atoms with E-state index in [1.807, 2.05) is 31.2 Å². The summed E-state index contributed by atoms with van der Waals surface area (Å²) in [6.07, 6.45) is 2.88. The molecule has 0 bridgehead atoms. The van der Waals surface area contributed by atoms with E-state index in [1.54, 1.807) is 0 Å². The van der Waals surface area contributed by atoms with E-state index in [0.717, 1.165) is 11.6 Å². The van der Waals surface area contributed by atoms with Gasteiger partial charge in [0.1, 0.15) is 0 Å². The minimum Gasteiger partial charge on any atom is -0.466 e. The summed E-state index contributed by atoms with van der Waals surface area (Å²) in [5.41, 5.74) is 1.18. The molecule has 0 aromatic heterocycles. The van der Waals surface area contributed by atoms with E-state index in [0.29, 0.717) is 18.9 Å². The summed E-state index contributed by atoms with van der Waals surface area (Å²) in [5, 5.41) is 4.21. The largest absolute Gasteiger partial charge is 0.466 e. The third-order valence-corrected chi connectivity index (χ3v) is 3.62. The van der Waals surface area contributed by atoms with Gasteiger partial charge < -0.3 is 10.1 Å². The first kappa shape index (κ1) is 14.4. The number of esters is 1. The summed E-state index contributed by atoms with van der Waals surface area (Å²) in [7, 11) is 0. The summed E-state index contributed by atoms with van der Waals surface area (Å²) in [5.74, 6) is 0.514. The maximum absolute atomic E-state index is 11.6. The van der Waals surface area contributed by atoms with Crippen molar-refractivity contribution < 1.29 is 9.53 Å². The number of rotatable bonds is 7. The van der Waals surface area contributed by atoms with Gasteiger partial charge in [-0.25, -0.2) is 0 Å². The first-order valence-corrected chi connectivity index (χ1v) is 7.20. The van der Waals surface area contributed by atoms with Gasteiger partial charge in [-0.1, -0.05) is 23.7 Å². The molecule has 104 valence electrons. The van der Waals surface area contributed by atoms with Crippen LogP contribution < -0.4 is 5.32 Å². The molecule has 1 N–H and O–H groups in total. The lowest BCUT2D eigenvalue weighted by atomic mass is 10.1. The molecule has 1 unspecified atom stereocenters. The predicted octanol–water partition coefficient (Wildman–Crippen LogP) is 3.16. The van der Waals surface area contributed by atoms with Gasteiger partial charge in [0.05, 0.1) is 13.0 Å². The molecule has 19 heavy (non-hydrogen) atoms. The highest BCUT2D eigenvalue weighted by Gasteiger charge is 2.32. The Morgan fingerprint density at radius 3 is 2.68 bits per heavy atom. The zero-order valence-corrected chi connectivity index (χ0v) is 12.0. The third-order valence-electron chi connectivity index (χ3n) is 3.36. The van der Waals surface area contributed by atoms with Crippen molar-refractivity contribution in [3.8, 4) is 0 Å². The van der Waals surface area contributed by atoms with Gasteiger partial charge in [0.25, 0.3) is 0 Å². The second-order valence-corrected chi connectivity index (χ2v) is 5.40. The van der Waals surface area contributed by atoms with E-state index in [4.69, 9.17) is 16.3 Å². The molecule has 1 aromatic carbocycles. The molecule has 0 heterocycles. The van der Waals surface area contributed by atoms with E-state index < -0.39 is 0 Å². The van der Waals surface area contributed by atoms with Gasteiger partial charge in [-0.05, 0) is 43.4 Å². The van der Waals surface area contributed by atoms with Crippen LogP contribution in [-0.4, -0.2) is 18.6 Å². The van der Waals surface area contributed by atoms with Crippen molar-refractivity contribution in [2.24, 2.45) is 5.92 Å². The quantitative estimate of drug-likeness (QED) is 0.780. The fourth-order valence-corrected chi connectivity index (χ4v) is 2.28. The highest BCUT2D eigenvalue weighted by Crippen LogP contribution is 2.34. The lowest BCUT2D eigenvalue weighted by molar-refractivity contribution is -0.143. The van der Waals surface area contributed by atoms with Gasteiger partial charge in [-0.3, -0.25) is 4.79 Å². The highest BCUT2D eigenvalue weighted by molar-refractivity contribution is 6.30. The maximum atomic E-state index is 11.6. The van der Waals surface area contributed by atoms with Crippen molar-refractivity contribution in [1.29, 1.82) is 0 Å². The number of ether oxygens (including phenoxy) is 1. The third kappa shape index (κ3) is 4.84. The average molecular weight is 282 g/mol. The topological polar surface area (TPSA) is 38.3 Å². The fraction of sp³-hybridized carbons (Fsp3) is 0.533. The Kier molecular flexibility index (Phi) is 5.23. The zero-order valence-electron chi connectivity index (χ0n) is 11.2. The van der Waals surface area contributed by atoms with Gasteiger partial charge in [-0.15, -0.1) is 0 Å². The van der Waals surface area contributed by atoms with E-state index in [1.165, 1.54) is 18.4 Å². The van der Waals surface area contributed by atoms with Crippen LogP contribution in [0.1, 0.15) is 31.7 Å². The molecule has 1 fully saturated rings. The van der Waals surface area contributed by atoms with Crippen LogP contribution in [0, 0.1) is 5.92 Å². The van der Waals surface area contributed by atoms with Crippen molar-refractivity contribution in [2.45, 2.75) is 38.8 Å². The molecule has 0 aliphatic heterocycles. The van der Waals surface area contributed by atoms with Gasteiger partial charge >= 0.3 is 5.97 Å². The van der Waals surface area contributed by atoms with Crippen LogP contribution in [0.5, 0.6) is 0 Å². The smallest absolute Gasteiger partial charge is 0.307 e. The number of benzene rings is 1. The molecule has 2 rings (SSSR count). The Labute approximate surface area is 119 Å². The molecule has 1 aliphatic rings. The van der Waals surface area contributed by atoms with E-state index in [-0.39, 0.29) is 12.0 Å². The van der Waals surface area contributed by atoms with E-state index >= 15 is 0 Å². The number of nitrogens with one attached hydrogen (secondary N) is 1. The van der Waals surface area contributed by atoms with Crippen molar-refractivity contribution in [3.63, 3.8) is 0 Å². The molecule has 0 saturated heterocycles. The lowest BCUT2D eigenvalue weighted by Gasteiger charge is -2.17. The molecule has 1 atom stereocenters. The van der Waals surface area contributed by atoms with Crippen LogP contribution >= 0.6 is 11.6 Å². The van der Waals surface area contributed by atoms with Crippen LogP contribution in [0.2, 0.25) is 5.02 Å². The molecule has 4 heteroatoms. The van der Waals surface area contributed by atoms with E-state index in [2.05, 4.69) is 5.32 Å². The Balaban J connectivity index is 1.83. The molecule has 3 nitrogen and oxygen atoms in total. The number of hydrogen-bond donors (Lipinski definition) is 1. The maximum Gasteiger partial charge on any atom is 0.307 e. The predicted molar refractivity (Wildman–Crippen MR) is 76.1 cm³/mol. The van der Waals surface area contributed by atoms with Gasteiger partial charge in [-0.2, -0.15) is 0 Å². The second-order valence-electron chi connectivity index (χ2n) is 4.96. The molecular weight excluding hydrogens is 262 g/mol. The van der Waals surface area contributed by atoms with Gasteiger partial charge in [0, 0.05) is 17.6 Å². The SMILES string of the molecule is CCOC(=O)CC(NCc1ccc(Cl)cc1)C1CC1. The monoisotopic (exact) mass is 281 g/mol. The molecule has 1 aromatic rings. The molecular formula is C15H20ClNO2. The van der Waals surface area contributed by atoms with Crippen molar-refractivity contribution in [1.82, 2.24) is 5.32 Å². The lowest BCUT2D eigenvalue weighted by Crippen LogP contribution is -2.33. The number of hydrogen-bond acceptors (Lipinski definition) is 3. The Bertz CT molecular complexity index is 415. The van der Waals surface area contributed by atoms with Gasteiger partial charge in [0.2, 0.25) is 0 Å². The molecule has 1 saturated carbocycles. The number of carbonyl (C=O) groups excluding carboxylic acids is 1. The van der Waals surface area contributed by atoms with E-state index in [9.17, 15) is 4.79 Å². The molecule has 0 radical (unpaired) electrons. The Morgan fingerprint density at radius 1 is 1.42 bits per heavy atom. The van der Waals surface area contributed by atoms with Crippen molar-refractivity contribution in [2.75, 3.05) is 6.61 Å². The van der Waals surface area contributed by atoms with Crippen molar-refractivity contribution in [3.05, 3.63) is 34.9 Å². The summed E-state index contributed by atoms with van der Waals surface area (Å²) in [6, 6.07) is 8.01. The van der Waals surface area contributed by atoms with Crippen LogP contribution in [0.25, 0.3) is 0 Å². The number of halogens is 1. The number of carbonyl (C=O) groups is 1. The van der Waals surface area contributed by atoms with Crippen LogP contribution in [0.15, 0.2) is 24.3 Å². The first-order chi connectivity index (χ1) is 9.19. The molecule has 1 aliphatic carbocycles. The summed E-state index contributed by atoms with van der Waals surface area (Å²) in [4.78, 5) is 11.6. The van der Waals surface area contributed by atoms with Crippen molar-refractivity contribution >= 4 is 17.6 Å². The Morgan fingerprint density at radius 2 is 2.11 bits per heavy atom.